The predicted molar refractivity (Wildman–Crippen MR) is 140 cm³/mol. The van der Waals surface area contributed by atoms with E-state index in [0.717, 1.165) is 22.4 Å². The number of anilines is 1. The Morgan fingerprint density at radius 2 is 1.73 bits per heavy atom. The monoisotopic (exact) mass is 445 g/mol. The van der Waals surface area contributed by atoms with Gasteiger partial charge < -0.3 is 9.80 Å². The fraction of sp³-hybridized carbons (Fsp3) is 0.370. The number of rotatable bonds is 3. The van der Waals surface area contributed by atoms with Gasteiger partial charge in [-0.2, -0.15) is 0 Å². The first-order chi connectivity index (χ1) is 15.9. The number of carbonyl (C=O) groups excluding carboxylic acids is 1. The Hall–Kier alpha value is -3.27. The lowest BCUT2D eigenvalue weighted by Gasteiger charge is -2.28. The average molecular weight is 446 g/mol. The number of amidine groups is 1. The molecule has 0 aromatic heterocycles. The fourth-order valence-electron chi connectivity index (χ4n) is 3.53. The summed E-state index contributed by atoms with van der Waals surface area (Å²) in [5.41, 5.74) is 3.70. The Balaban J connectivity index is 0.000000323. The van der Waals surface area contributed by atoms with E-state index in [1.165, 1.54) is 26.2 Å². The maximum absolute atomic E-state index is 12.2. The molecule has 3 heterocycles. The lowest BCUT2D eigenvalue weighted by Crippen LogP contribution is -2.42. The van der Waals surface area contributed by atoms with Crippen LogP contribution >= 0.6 is 0 Å². The summed E-state index contributed by atoms with van der Waals surface area (Å²) in [6.45, 7) is 17.1. The minimum Gasteiger partial charge on any atom is -0.304 e. The summed E-state index contributed by atoms with van der Waals surface area (Å²) in [7, 11) is 4.35. The van der Waals surface area contributed by atoms with Gasteiger partial charge in [0.05, 0.1) is 17.9 Å². The Morgan fingerprint density at radius 1 is 1.09 bits per heavy atom. The highest BCUT2D eigenvalue weighted by Crippen LogP contribution is 2.30. The number of hydrogen-bond donors (Lipinski definition) is 0. The molecule has 0 saturated carbocycles. The normalized spacial score (nSPS) is 17.8. The Labute approximate surface area is 198 Å². The first-order valence-electron chi connectivity index (χ1n) is 11.3. The smallest absolute Gasteiger partial charge is 0.254 e. The van der Waals surface area contributed by atoms with E-state index in [0.29, 0.717) is 18.1 Å². The van der Waals surface area contributed by atoms with Gasteiger partial charge in [0.1, 0.15) is 12.4 Å². The minimum absolute atomic E-state index is 0.0570. The number of hydrogen-bond acceptors (Lipinski definition) is 5. The number of amides is 1. The van der Waals surface area contributed by atoms with Crippen LogP contribution in [0.1, 0.15) is 25.0 Å². The van der Waals surface area contributed by atoms with Gasteiger partial charge in [-0.1, -0.05) is 51.2 Å². The number of nitrogens with zero attached hydrogens (tertiary/aromatic N) is 5. The number of terminal acetylenes is 1. The van der Waals surface area contributed by atoms with Crippen LogP contribution in [0.25, 0.3) is 0 Å². The zero-order chi connectivity index (χ0) is 24.4. The molecule has 0 spiro atoms. The van der Waals surface area contributed by atoms with Gasteiger partial charge in [-0.3, -0.25) is 19.7 Å². The molecule has 0 bridgehead atoms. The molecule has 1 fully saturated rings. The molecule has 6 nitrogen and oxygen atoms in total. The zero-order valence-corrected chi connectivity index (χ0v) is 20.3. The van der Waals surface area contributed by atoms with Crippen molar-refractivity contribution in [3.05, 3.63) is 66.3 Å². The van der Waals surface area contributed by atoms with Gasteiger partial charge in [0.2, 0.25) is 0 Å². The van der Waals surface area contributed by atoms with Gasteiger partial charge in [0.25, 0.3) is 5.91 Å². The second-order valence-corrected chi connectivity index (χ2v) is 7.73. The van der Waals surface area contributed by atoms with E-state index in [4.69, 9.17) is 6.42 Å². The third-order valence-corrected chi connectivity index (χ3v) is 5.41. The van der Waals surface area contributed by atoms with Gasteiger partial charge in [-0.15, -0.1) is 6.42 Å². The Morgan fingerprint density at radius 3 is 2.30 bits per heavy atom. The van der Waals surface area contributed by atoms with Gasteiger partial charge >= 0.3 is 0 Å². The number of likely N-dealkylation sites (N-methyl/N-ethyl adjacent to an activating group) is 2. The summed E-state index contributed by atoms with van der Waals surface area (Å²) >= 11 is 0. The maximum Gasteiger partial charge on any atom is 0.254 e. The van der Waals surface area contributed by atoms with Crippen molar-refractivity contribution in [1.82, 2.24) is 9.80 Å². The lowest BCUT2D eigenvalue weighted by molar-refractivity contribution is -0.115. The molecular weight excluding hydrogens is 410 g/mol. The third-order valence-electron chi connectivity index (χ3n) is 5.41. The highest BCUT2D eigenvalue weighted by Gasteiger charge is 2.32. The number of fused-ring (bicyclic) bond motifs is 3. The summed E-state index contributed by atoms with van der Waals surface area (Å²) < 4.78 is 0. The van der Waals surface area contributed by atoms with E-state index in [-0.39, 0.29) is 12.5 Å². The predicted octanol–water partition coefficient (Wildman–Crippen LogP) is 3.40. The molecule has 0 N–H and O–H groups in total. The summed E-state index contributed by atoms with van der Waals surface area (Å²) in [5.74, 6) is 3.21. The molecule has 3 aliphatic heterocycles. The van der Waals surface area contributed by atoms with Crippen molar-refractivity contribution in [3.63, 3.8) is 0 Å². The van der Waals surface area contributed by atoms with Crippen LogP contribution in [0.5, 0.6) is 0 Å². The van der Waals surface area contributed by atoms with Crippen LogP contribution in [0.4, 0.5) is 5.69 Å². The molecule has 174 valence electrons. The summed E-state index contributed by atoms with van der Waals surface area (Å²) in [4.78, 5) is 27.4. The van der Waals surface area contributed by atoms with Crippen LogP contribution in [0, 0.1) is 12.3 Å². The molecule has 1 aromatic rings. The van der Waals surface area contributed by atoms with Crippen molar-refractivity contribution in [2.24, 2.45) is 9.98 Å². The van der Waals surface area contributed by atoms with Crippen molar-refractivity contribution in [3.8, 4) is 12.3 Å². The number of carbonyl (C=O) groups is 1. The van der Waals surface area contributed by atoms with Crippen molar-refractivity contribution in [2.45, 2.75) is 13.8 Å². The lowest BCUT2D eigenvalue weighted by atomic mass is 9.98. The zero-order valence-electron chi connectivity index (χ0n) is 20.3. The average Bonchev–Trinajstić information content (AvgIpc) is 3.12. The molecule has 33 heavy (non-hydrogen) atoms. The second-order valence-electron chi connectivity index (χ2n) is 7.73. The van der Waals surface area contributed by atoms with Crippen molar-refractivity contribution in [2.75, 3.05) is 58.3 Å². The molecule has 1 amide bonds. The van der Waals surface area contributed by atoms with Gasteiger partial charge in [0, 0.05) is 37.3 Å². The highest BCUT2D eigenvalue weighted by atomic mass is 16.2. The van der Waals surface area contributed by atoms with E-state index in [1.54, 1.807) is 17.1 Å². The van der Waals surface area contributed by atoms with Crippen LogP contribution in [0.15, 0.2) is 65.1 Å². The van der Waals surface area contributed by atoms with Crippen molar-refractivity contribution >= 4 is 23.1 Å². The Kier molecular flexibility index (Phi) is 9.99. The molecule has 3 aliphatic rings. The topological polar surface area (TPSA) is 51.5 Å². The van der Waals surface area contributed by atoms with E-state index in [9.17, 15) is 4.79 Å². The van der Waals surface area contributed by atoms with Crippen LogP contribution in [-0.2, 0) is 4.79 Å². The first-order valence-corrected chi connectivity index (χ1v) is 11.3. The number of aliphatic imine (C=N–C) groups is 2. The summed E-state index contributed by atoms with van der Waals surface area (Å²) in [5, 5.41) is 0. The van der Waals surface area contributed by atoms with Crippen LogP contribution < -0.4 is 4.90 Å². The SMILES string of the molecule is C#Cc1ccc2c(c1)C(C(=C)/C=C\C=C)=NCC1=NCC(=O)N12.CC.CN1CCN(C)CC1. The minimum atomic E-state index is -0.0570. The maximum atomic E-state index is 12.2. The molecule has 6 heteroatoms. The first kappa shape index (κ1) is 26.0. The second kappa shape index (κ2) is 12.7. The molecule has 1 saturated heterocycles. The molecule has 0 aliphatic carbocycles. The molecule has 0 unspecified atom stereocenters. The van der Waals surface area contributed by atoms with Crippen molar-refractivity contribution in [1.29, 1.82) is 0 Å². The van der Waals surface area contributed by atoms with Gasteiger partial charge in [0.15, 0.2) is 0 Å². The van der Waals surface area contributed by atoms with Gasteiger partial charge in [-0.25, -0.2) is 0 Å². The van der Waals surface area contributed by atoms with Crippen LogP contribution in [-0.4, -0.2) is 80.6 Å². The molecule has 4 rings (SSSR count). The fourth-order valence-corrected chi connectivity index (χ4v) is 3.53. The van der Waals surface area contributed by atoms with Crippen molar-refractivity contribution < 1.29 is 4.79 Å². The quantitative estimate of drug-likeness (QED) is 0.529. The van der Waals surface area contributed by atoms with E-state index in [1.807, 2.05) is 38.1 Å². The van der Waals surface area contributed by atoms with E-state index < -0.39 is 0 Å². The summed E-state index contributed by atoms with van der Waals surface area (Å²) in [6, 6.07) is 5.51. The van der Waals surface area contributed by atoms with Crippen LogP contribution in [0.2, 0.25) is 0 Å². The summed E-state index contributed by atoms with van der Waals surface area (Å²) in [6.07, 6.45) is 10.8. The van der Waals surface area contributed by atoms with Gasteiger partial charge in [-0.05, 0) is 37.9 Å². The van der Waals surface area contributed by atoms with Crippen LogP contribution in [0.3, 0.4) is 0 Å². The number of allylic oxidation sites excluding steroid dienone is 4. The molecular formula is C27H35N5O. The number of piperazine rings is 1. The highest BCUT2D eigenvalue weighted by molar-refractivity contribution is 6.28. The standard InChI is InChI=1S/C19H15N3O.C6H14N2.C2H6/c1-4-6-7-13(3)19-15-10-14(5-2)8-9-16(15)22-17(11-21-19)20-12-18(22)23;1-7-3-5-8(2)6-4-7;1-2/h2,4,6-10H,1,3,11-12H2;3-6H2,1-2H3;1-2H3/b7-6-;;. The Bertz CT molecular complexity index is 994. The molecule has 0 atom stereocenters. The third kappa shape index (κ3) is 6.61. The van der Waals surface area contributed by atoms with E-state index in [2.05, 4.69) is 53.0 Å². The largest absolute Gasteiger partial charge is 0.304 e. The van der Waals surface area contributed by atoms with E-state index >= 15 is 0 Å². The number of benzene rings is 1. The molecule has 0 radical (unpaired) electrons. The molecule has 1 aromatic carbocycles.